The SMILES string of the molecule is O=C(c1cc2c(Cl)cccc2s1)N1CCCCC1. The zero-order valence-electron chi connectivity index (χ0n) is 9.99. The van der Waals surface area contributed by atoms with E-state index < -0.39 is 0 Å². The van der Waals surface area contributed by atoms with Crippen LogP contribution in [-0.2, 0) is 0 Å². The first-order valence-electron chi connectivity index (χ1n) is 6.23. The van der Waals surface area contributed by atoms with Crippen LogP contribution in [-0.4, -0.2) is 23.9 Å². The standard InChI is InChI=1S/C14H14ClNOS/c15-11-5-4-6-12-10(11)9-13(18-12)14(17)16-7-2-1-3-8-16/h4-6,9H,1-3,7-8H2. The maximum atomic E-state index is 12.4. The van der Waals surface area contributed by atoms with Gasteiger partial charge in [0.15, 0.2) is 0 Å². The molecule has 2 nitrogen and oxygen atoms in total. The lowest BCUT2D eigenvalue weighted by atomic mass is 10.1. The third-order valence-electron chi connectivity index (χ3n) is 3.36. The van der Waals surface area contributed by atoms with Gasteiger partial charge < -0.3 is 4.90 Å². The second kappa shape index (κ2) is 4.90. The number of rotatable bonds is 1. The molecule has 1 aromatic carbocycles. The molecule has 1 aliphatic rings. The summed E-state index contributed by atoms with van der Waals surface area (Å²) < 4.78 is 1.09. The van der Waals surface area contributed by atoms with Crippen molar-refractivity contribution in [1.29, 1.82) is 0 Å². The summed E-state index contributed by atoms with van der Waals surface area (Å²) in [5.41, 5.74) is 0. The molecule has 18 heavy (non-hydrogen) atoms. The van der Waals surface area contributed by atoms with Crippen molar-refractivity contribution < 1.29 is 4.79 Å². The number of likely N-dealkylation sites (tertiary alicyclic amines) is 1. The van der Waals surface area contributed by atoms with Crippen molar-refractivity contribution in [3.05, 3.63) is 34.2 Å². The number of halogens is 1. The van der Waals surface area contributed by atoms with E-state index in [1.54, 1.807) is 0 Å². The molecule has 1 aliphatic heterocycles. The number of carbonyl (C=O) groups excluding carboxylic acids is 1. The molecule has 2 aromatic rings. The minimum Gasteiger partial charge on any atom is -0.338 e. The van der Waals surface area contributed by atoms with E-state index in [-0.39, 0.29) is 5.91 Å². The highest BCUT2D eigenvalue weighted by atomic mass is 35.5. The van der Waals surface area contributed by atoms with Gasteiger partial charge in [-0.05, 0) is 37.5 Å². The molecule has 1 amide bonds. The Balaban J connectivity index is 1.94. The van der Waals surface area contributed by atoms with E-state index in [0.717, 1.165) is 45.9 Å². The Bertz CT molecular complexity index is 586. The van der Waals surface area contributed by atoms with E-state index in [9.17, 15) is 4.79 Å². The summed E-state index contributed by atoms with van der Waals surface area (Å²) in [4.78, 5) is 15.1. The number of hydrogen-bond donors (Lipinski definition) is 0. The van der Waals surface area contributed by atoms with E-state index >= 15 is 0 Å². The van der Waals surface area contributed by atoms with Crippen LogP contribution in [0.15, 0.2) is 24.3 Å². The van der Waals surface area contributed by atoms with Gasteiger partial charge in [0.1, 0.15) is 0 Å². The first-order chi connectivity index (χ1) is 8.75. The van der Waals surface area contributed by atoms with Crippen molar-refractivity contribution in [1.82, 2.24) is 4.90 Å². The monoisotopic (exact) mass is 279 g/mol. The minimum atomic E-state index is 0.159. The molecular weight excluding hydrogens is 266 g/mol. The Labute approximate surface area is 115 Å². The van der Waals surface area contributed by atoms with Crippen molar-refractivity contribution in [2.24, 2.45) is 0 Å². The number of hydrogen-bond acceptors (Lipinski definition) is 2. The van der Waals surface area contributed by atoms with Crippen LogP contribution < -0.4 is 0 Å². The predicted molar refractivity (Wildman–Crippen MR) is 76.6 cm³/mol. The van der Waals surface area contributed by atoms with Gasteiger partial charge in [0.05, 0.1) is 4.88 Å². The molecule has 4 heteroatoms. The molecule has 0 aliphatic carbocycles. The van der Waals surface area contributed by atoms with Crippen molar-refractivity contribution in [3.63, 3.8) is 0 Å². The Morgan fingerprint density at radius 3 is 2.72 bits per heavy atom. The Morgan fingerprint density at radius 1 is 1.22 bits per heavy atom. The maximum Gasteiger partial charge on any atom is 0.263 e. The van der Waals surface area contributed by atoms with Crippen molar-refractivity contribution in [2.45, 2.75) is 19.3 Å². The Hall–Kier alpha value is -1.06. The Kier molecular flexibility index (Phi) is 3.27. The molecule has 1 fully saturated rings. The van der Waals surface area contributed by atoms with E-state index in [1.165, 1.54) is 17.8 Å². The van der Waals surface area contributed by atoms with Crippen LogP contribution in [0, 0.1) is 0 Å². The highest BCUT2D eigenvalue weighted by molar-refractivity contribution is 7.20. The smallest absolute Gasteiger partial charge is 0.263 e. The van der Waals surface area contributed by atoms with Gasteiger partial charge in [-0.1, -0.05) is 17.7 Å². The maximum absolute atomic E-state index is 12.4. The third-order valence-corrected chi connectivity index (χ3v) is 4.78. The fourth-order valence-corrected chi connectivity index (χ4v) is 3.72. The largest absolute Gasteiger partial charge is 0.338 e. The van der Waals surface area contributed by atoms with Gasteiger partial charge >= 0.3 is 0 Å². The molecule has 0 saturated carbocycles. The van der Waals surface area contributed by atoms with Crippen LogP contribution in [0.3, 0.4) is 0 Å². The Morgan fingerprint density at radius 2 is 2.00 bits per heavy atom. The molecule has 0 radical (unpaired) electrons. The van der Waals surface area contributed by atoms with E-state index in [1.807, 2.05) is 29.2 Å². The molecule has 1 aromatic heterocycles. The second-order valence-corrected chi connectivity index (χ2v) is 6.11. The lowest BCUT2D eigenvalue weighted by Gasteiger charge is -2.26. The number of benzene rings is 1. The highest BCUT2D eigenvalue weighted by Gasteiger charge is 2.20. The normalized spacial score (nSPS) is 16.2. The minimum absolute atomic E-state index is 0.159. The number of carbonyl (C=O) groups is 1. The average Bonchev–Trinajstić information content (AvgIpc) is 2.84. The second-order valence-electron chi connectivity index (χ2n) is 4.62. The van der Waals surface area contributed by atoms with E-state index in [0.29, 0.717) is 0 Å². The fourth-order valence-electron chi connectivity index (χ4n) is 2.38. The van der Waals surface area contributed by atoms with Gasteiger partial charge in [0.2, 0.25) is 0 Å². The molecule has 0 bridgehead atoms. The molecule has 0 N–H and O–H groups in total. The van der Waals surface area contributed by atoms with Gasteiger partial charge in [-0.3, -0.25) is 4.79 Å². The topological polar surface area (TPSA) is 20.3 Å². The van der Waals surface area contributed by atoms with Gasteiger partial charge in [-0.25, -0.2) is 0 Å². The van der Waals surface area contributed by atoms with Crippen molar-refractivity contribution in [2.75, 3.05) is 13.1 Å². The number of fused-ring (bicyclic) bond motifs is 1. The number of thiophene rings is 1. The summed E-state index contributed by atoms with van der Waals surface area (Å²) in [6.45, 7) is 1.78. The summed E-state index contributed by atoms with van der Waals surface area (Å²) in [6.07, 6.45) is 3.48. The molecule has 0 spiro atoms. The third kappa shape index (κ3) is 2.13. The first-order valence-corrected chi connectivity index (χ1v) is 7.42. The summed E-state index contributed by atoms with van der Waals surface area (Å²) >= 11 is 7.68. The zero-order chi connectivity index (χ0) is 12.5. The van der Waals surface area contributed by atoms with Gasteiger partial charge in [0, 0.05) is 28.2 Å². The summed E-state index contributed by atoms with van der Waals surface area (Å²) in [5, 5.41) is 1.71. The van der Waals surface area contributed by atoms with Crippen LogP contribution in [0.5, 0.6) is 0 Å². The quantitative estimate of drug-likeness (QED) is 0.767. The van der Waals surface area contributed by atoms with E-state index in [2.05, 4.69) is 0 Å². The predicted octanol–water partition coefficient (Wildman–Crippen LogP) is 4.18. The van der Waals surface area contributed by atoms with Gasteiger partial charge in [-0.15, -0.1) is 11.3 Å². The van der Waals surface area contributed by atoms with Crippen molar-refractivity contribution >= 4 is 38.9 Å². The molecule has 1 saturated heterocycles. The lowest BCUT2D eigenvalue weighted by Crippen LogP contribution is -2.35. The summed E-state index contributed by atoms with van der Waals surface area (Å²) in [5.74, 6) is 0.159. The molecule has 2 heterocycles. The van der Waals surface area contributed by atoms with Gasteiger partial charge in [-0.2, -0.15) is 0 Å². The van der Waals surface area contributed by atoms with Crippen LogP contribution in [0.25, 0.3) is 10.1 Å². The molecule has 3 rings (SSSR count). The van der Waals surface area contributed by atoms with E-state index in [4.69, 9.17) is 11.6 Å². The van der Waals surface area contributed by atoms with Crippen molar-refractivity contribution in [3.8, 4) is 0 Å². The lowest BCUT2D eigenvalue weighted by molar-refractivity contribution is 0.0729. The number of piperidine rings is 1. The number of nitrogens with zero attached hydrogens (tertiary/aromatic N) is 1. The number of amides is 1. The first kappa shape index (κ1) is 12.0. The summed E-state index contributed by atoms with van der Waals surface area (Å²) in [6, 6.07) is 7.74. The molecule has 0 atom stereocenters. The van der Waals surface area contributed by atoms with Crippen LogP contribution in [0.4, 0.5) is 0 Å². The summed E-state index contributed by atoms with van der Waals surface area (Å²) in [7, 11) is 0. The average molecular weight is 280 g/mol. The van der Waals surface area contributed by atoms with Crippen LogP contribution in [0.1, 0.15) is 28.9 Å². The highest BCUT2D eigenvalue weighted by Crippen LogP contribution is 2.32. The molecule has 94 valence electrons. The van der Waals surface area contributed by atoms with Gasteiger partial charge in [0.25, 0.3) is 5.91 Å². The van der Waals surface area contributed by atoms with Crippen LogP contribution >= 0.6 is 22.9 Å². The van der Waals surface area contributed by atoms with Crippen LogP contribution in [0.2, 0.25) is 5.02 Å². The zero-order valence-corrected chi connectivity index (χ0v) is 11.6. The molecule has 0 unspecified atom stereocenters. The molecular formula is C14H14ClNOS. The fraction of sp³-hybridized carbons (Fsp3) is 0.357.